The van der Waals surface area contributed by atoms with E-state index in [2.05, 4.69) is 23.4 Å². The summed E-state index contributed by atoms with van der Waals surface area (Å²) in [7, 11) is 0. The molecule has 1 aliphatic heterocycles. The van der Waals surface area contributed by atoms with Gasteiger partial charge in [0.25, 0.3) is 0 Å². The van der Waals surface area contributed by atoms with Crippen molar-refractivity contribution >= 4 is 11.8 Å². The van der Waals surface area contributed by atoms with E-state index in [9.17, 15) is 0 Å². The van der Waals surface area contributed by atoms with Crippen LogP contribution in [0.2, 0.25) is 0 Å². The average Bonchev–Trinajstić information content (AvgIpc) is 2.55. The third-order valence-electron chi connectivity index (χ3n) is 3.57. The fraction of sp³-hybridized carbons (Fsp3) is 1.00. The molecule has 1 atom stereocenters. The highest BCUT2D eigenvalue weighted by Crippen LogP contribution is 2.11. The summed E-state index contributed by atoms with van der Waals surface area (Å²) in [5.41, 5.74) is 0. The summed E-state index contributed by atoms with van der Waals surface area (Å²) in [4.78, 5) is 2.63. The smallest absolute Gasteiger partial charge is 0.00797 e. The average molecular weight is 258 g/mol. The van der Waals surface area contributed by atoms with Crippen LogP contribution in [-0.2, 0) is 0 Å². The Hall–Kier alpha value is 0.270. The molecule has 102 valence electrons. The van der Waals surface area contributed by atoms with Crippen molar-refractivity contribution in [2.24, 2.45) is 0 Å². The predicted molar refractivity (Wildman–Crippen MR) is 80.0 cm³/mol. The van der Waals surface area contributed by atoms with Crippen LogP contribution in [-0.4, -0.2) is 49.1 Å². The highest BCUT2D eigenvalue weighted by Gasteiger charge is 2.15. The predicted octanol–water partition coefficient (Wildman–Crippen LogP) is 2.98. The Morgan fingerprint density at radius 1 is 1.24 bits per heavy atom. The summed E-state index contributed by atoms with van der Waals surface area (Å²) < 4.78 is 0. The molecule has 1 rings (SSSR count). The topological polar surface area (TPSA) is 15.3 Å². The first kappa shape index (κ1) is 15.3. The lowest BCUT2D eigenvalue weighted by Crippen LogP contribution is -2.31. The summed E-state index contributed by atoms with van der Waals surface area (Å²) in [6.45, 7) is 7.42. The molecule has 2 nitrogen and oxygen atoms in total. The third kappa shape index (κ3) is 7.32. The zero-order valence-electron chi connectivity index (χ0n) is 11.7. The Labute approximate surface area is 112 Å². The lowest BCUT2D eigenvalue weighted by Gasteiger charge is -2.19. The van der Waals surface area contributed by atoms with Crippen molar-refractivity contribution < 1.29 is 0 Å². The molecule has 0 spiro atoms. The van der Waals surface area contributed by atoms with E-state index in [0.29, 0.717) is 0 Å². The van der Waals surface area contributed by atoms with E-state index in [4.69, 9.17) is 0 Å². The molecule has 1 N–H and O–H groups in total. The van der Waals surface area contributed by atoms with Gasteiger partial charge in [-0.3, -0.25) is 0 Å². The number of nitrogens with one attached hydrogen (secondary N) is 1. The van der Waals surface area contributed by atoms with Gasteiger partial charge in [-0.2, -0.15) is 11.8 Å². The minimum atomic E-state index is 0.783. The second-order valence-electron chi connectivity index (χ2n) is 5.12. The summed E-state index contributed by atoms with van der Waals surface area (Å²) in [6.07, 6.45) is 10.3. The molecule has 1 aliphatic rings. The highest BCUT2D eigenvalue weighted by molar-refractivity contribution is 7.98. The maximum absolute atomic E-state index is 3.75. The van der Waals surface area contributed by atoms with Gasteiger partial charge in [-0.15, -0.1) is 0 Å². The Morgan fingerprint density at radius 2 is 2.12 bits per heavy atom. The van der Waals surface area contributed by atoms with Crippen LogP contribution in [0.3, 0.4) is 0 Å². The van der Waals surface area contributed by atoms with E-state index >= 15 is 0 Å². The number of rotatable bonds is 8. The van der Waals surface area contributed by atoms with Gasteiger partial charge in [0.05, 0.1) is 0 Å². The number of nitrogens with zero attached hydrogens (tertiary/aromatic N) is 1. The molecule has 0 bridgehead atoms. The van der Waals surface area contributed by atoms with E-state index < -0.39 is 0 Å². The van der Waals surface area contributed by atoms with E-state index in [1.807, 2.05) is 11.8 Å². The van der Waals surface area contributed by atoms with Crippen molar-refractivity contribution in [2.45, 2.75) is 51.5 Å². The summed E-state index contributed by atoms with van der Waals surface area (Å²) in [5, 5.41) is 3.75. The van der Waals surface area contributed by atoms with Crippen LogP contribution < -0.4 is 5.32 Å². The molecule has 17 heavy (non-hydrogen) atoms. The van der Waals surface area contributed by atoms with Gasteiger partial charge in [-0.1, -0.05) is 6.92 Å². The van der Waals surface area contributed by atoms with Crippen LogP contribution in [0.4, 0.5) is 0 Å². The zero-order valence-corrected chi connectivity index (χ0v) is 12.5. The van der Waals surface area contributed by atoms with E-state index in [1.165, 1.54) is 70.5 Å². The van der Waals surface area contributed by atoms with Crippen molar-refractivity contribution in [3.05, 3.63) is 0 Å². The maximum atomic E-state index is 3.75. The number of hydrogen-bond acceptors (Lipinski definition) is 3. The minimum Gasteiger partial charge on any atom is -0.314 e. The van der Waals surface area contributed by atoms with Crippen molar-refractivity contribution in [1.29, 1.82) is 0 Å². The maximum Gasteiger partial charge on any atom is 0.00797 e. The lowest BCUT2D eigenvalue weighted by atomic mass is 10.1. The molecule has 0 saturated carbocycles. The summed E-state index contributed by atoms with van der Waals surface area (Å²) in [5.74, 6) is 1.32. The molecule has 0 aromatic rings. The molecule has 0 amide bonds. The Kier molecular flexibility index (Phi) is 9.21. The van der Waals surface area contributed by atoms with Crippen molar-refractivity contribution in [2.75, 3.05) is 38.2 Å². The van der Waals surface area contributed by atoms with Gasteiger partial charge in [0.1, 0.15) is 0 Å². The third-order valence-corrected chi connectivity index (χ3v) is 4.27. The molecule has 0 aromatic heterocycles. The van der Waals surface area contributed by atoms with Gasteiger partial charge in [-0.25, -0.2) is 0 Å². The van der Waals surface area contributed by atoms with Crippen LogP contribution >= 0.6 is 11.8 Å². The Morgan fingerprint density at radius 3 is 2.88 bits per heavy atom. The quantitative estimate of drug-likeness (QED) is 0.674. The SMILES string of the molecule is CCCN1CCCC(NCCCCSC)CC1. The molecule has 0 radical (unpaired) electrons. The van der Waals surface area contributed by atoms with Crippen LogP contribution in [0.5, 0.6) is 0 Å². The van der Waals surface area contributed by atoms with Crippen LogP contribution in [0.15, 0.2) is 0 Å². The number of hydrogen-bond donors (Lipinski definition) is 1. The van der Waals surface area contributed by atoms with Crippen LogP contribution in [0.1, 0.15) is 45.4 Å². The highest BCUT2D eigenvalue weighted by atomic mass is 32.2. The Balaban J connectivity index is 2.05. The number of likely N-dealkylation sites (tertiary alicyclic amines) is 1. The summed E-state index contributed by atoms with van der Waals surface area (Å²) in [6, 6.07) is 0.783. The van der Waals surface area contributed by atoms with Crippen LogP contribution in [0.25, 0.3) is 0 Å². The monoisotopic (exact) mass is 258 g/mol. The first-order valence-electron chi connectivity index (χ1n) is 7.31. The van der Waals surface area contributed by atoms with Gasteiger partial charge in [0.15, 0.2) is 0 Å². The molecule has 1 heterocycles. The first-order valence-corrected chi connectivity index (χ1v) is 8.71. The van der Waals surface area contributed by atoms with Gasteiger partial charge in [-0.05, 0) is 76.7 Å². The molecular weight excluding hydrogens is 228 g/mol. The number of unbranched alkanes of at least 4 members (excludes halogenated alkanes) is 1. The largest absolute Gasteiger partial charge is 0.314 e. The zero-order chi connectivity index (χ0) is 12.3. The van der Waals surface area contributed by atoms with Crippen molar-refractivity contribution in [3.8, 4) is 0 Å². The molecular formula is C14H30N2S. The fourth-order valence-corrected chi connectivity index (χ4v) is 3.07. The molecule has 1 fully saturated rings. The molecule has 0 aromatic carbocycles. The van der Waals surface area contributed by atoms with E-state index in [1.54, 1.807) is 0 Å². The lowest BCUT2D eigenvalue weighted by molar-refractivity contribution is 0.282. The Bertz CT molecular complexity index is 176. The molecule has 3 heteroatoms. The van der Waals surface area contributed by atoms with Crippen molar-refractivity contribution in [1.82, 2.24) is 10.2 Å². The number of thioether (sulfide) groups is 1. The van der Waals surface area contributed by atoms with E-state index in [-0.39, 0.29) is 0 Å². The second kappa shape index (κ2) is 10.2. The minimum absolute atomic E-state index is 0.783. The fourth-order valence-electron chi connectivity index (χ4n) is 2.58. The van der Waals surface area contributed by atoms with E-state index in [0.717, 1.165) is 6.04 Å². The summed E-state index contributed by atoms with van der Waals surface area (Å²) >= 11 is 1.96. The standard InChI is InChI=1S/C14H30N2S/c1-3-10-16-11-6-7-14(8-12-16)15-9-4-5-13-17-2/h14-15H,3-13H2,1-2H3. The van der Waals surface area contributed by atoms with Gasteiger partial charge in [0, 0.05) is 6.04 Å². The second-order valence-corrected chi connectivity index (χ2v) is 6.11. The van der Waals surface area contributed by atoms with Crippen molar-refractivity contribution in [3.63, 3.8) is 0 Å². The molecule has 0 aliphatic carbocycles. The van der Waals surface area contributed by atoms with Gasteiger partial charge < -0.3 is 10.2 Å². The van der Waals surface area contributed by atoms with Gasteiger partial charge in [0.2, 0.25) is 0 Å². The first-order chi connectivity index (χ1) is 8.36. The normalized spacial score (nSPS) is 22.6. The molecule has 1 saturated heterocycles. The molecule has 1 unspecified atom stereocenters. The van der Waals surface area contributed by atoms with Gasteiger partial charge >= 0.3 is 0 Å². The van der Waals surface area contributed by atoms with Crippen LogP contribution in [0, 0.1) is 0 Å².